The Balaban J connectivity index is 2.22. The van der Waals surface area contributed by atoms with Crippen LogP contribution in [0.15, 0.2) is 36.4 Å². The molecule has 3 N–H and O–H groups in total. The Labute approximate surface area is 222 Å². The van der Waals surface area contributed by atoms with Gasteiger partial charge in [-0.1, -0.05) is 59.1 Å². The first-order valence-electron chi connectivity index (χ1n) is 10.3. The number of benzene rings is 2. The second-order valence-electron chi connectivity index (χ2n) is 7.79. The van der Waals surface area contributed by atoms with Crippen molar-refractivity contribution in [2.24, 2.45) is 0 Å². The summed E-state index contributed by atoms with van der Waals surface area (Å²) in [5, 5.41) is 12.6. The molecule has 5 nitrogen and oxygen atoms in total. The van der Waals surface area contributed by atoms with Gasteiger partial charge in [0.2, 0.25) is 5.91 Å². The fourth-order valence-corrected chi connectivity index (χ4v) is 3.77. The highest BCUT2D eigenvalue weighted by molar-refractivity contribution is 6.48. The summed E-state index contributed by atoms with van der Waals surface area (Å²) in [6.07, 6.45) is -7.34. The molecule has 0 aliphatic carbocycles. The van der Waals surface area contributed by atoms with Crippen LogP contribution < -0.4 is 10.6 Å². The minimum absolute atomic E-state index is 0.0112. The average molecular weight is 592 g/mol. The Morgan fingerprint density at radius 2 is 1.62 bits per heavy atom. The first-order chi connectivity index (χ1) is 17.0. The molecular weight excluding hydrogens is 573 g/mol. The summed E-state index contributed by atoms with van der Waals surface area (Å²) in [6.45, 7) is -1.15. The SMILES string of the molecule is Cc1cc(C=CC(c2cc(Cl)c(Cl)c(Cl)c2)C(F)(F)F)ccc1C(=O)NC(CO)C(=O)NCC(F)(F)F. The molecule has 14 heteroatoms. The minimum Gasteiger partial charge on any atom is -0.394 e. The Kier molecular flexibility index (Phi) is 10.3. The smallest absolute Gasteiger partial charge is 0.394 e. The molecular formula is C23H19Cl3F6N2O3. The number of carbonyl (C=O) groups is 2. The van der Waals surface area contributed by atoms with Gasteiger partial charge in [-0.15, -0.1) is 0 Å². The van der Waals surface area contributed by atoms with Crippen molar-refractivity contribution < 1.29 is 41.0 Å². The topological polar surface area (TPSA) is 78.4 Å². The molecule has 2 unspecified atom stereocenters. The highest BCUT2D eigenvalue weighted by Crippen LogP contribution is 2.41. The number of allylic oxidation sites excluding steroid dienone is 1. The number of nitrogens with one attached hydrogen (secondary N) is 2. The van der Waals surface area contributed by atoms with Gasteiger partial charge in [-0.05, 0) is 41.8 Å². The molecule has 0 radical (unpaired) electrons. The second kappa shape index (κ2) is 12.4. The van der Waals surface area contributed by atoms with Crippen LogP contribution in [0.2, 0.25) is 15.1 Å². The molecule has 0 bridgehead atoms. The monoisotopic (exact) mass is 590 g/mol. The van der Waals surface area contributed by atoms with E-state index in [1.54, 1.807) is 5.32 Å². The second-order valence-corrected chi connectivity index (χ2v) is 8.99. The molecule has 2 aromatic rings. The summed E-state index contributed by atoms with van der Waals surface area (Å²) in [7, 11) is 0. The van der Waals surface area contributed by atoms with Gasteiger partial charge in [0.15, 0.2) is 0 Å². The number of alkyl halides is 6. The summed E-state index contributed by atoms with van der Waals surface area (Å²) >= 11 is 17.5. The maximum atomic E-state index is 13.7. The standard InChI is InChI=1S/C23H19Cl3F6N2O3/c1-11-6-12(3-5-15(23(30,31)32)13-7-16(24)19(26)17(25)8-13)2-4-14(11)20(36)34-18(9-35)21(37)33-10-22(27,28)29/h2-8,15,18,35H,9-10H2,1H3,(H,33,37)(H,34,36). The Hall–Kier alpha value is -2.47. The highest BCUT2D eigenvalue weighted by atomic mass is 35.5. The Morgan fingerprint density at radius 3 is 2.11 bits per heavy atom. The third-order valence-electron chi connectivity index (χ3n) is 4.96. The number of halogens is 9. The van der Waals surface area contributed by atoms with Gasteiger partial charge in [0.25, 0.3) is 5.91 Å². The number of hydrogen-bond acceptors (Lipinski definition) is 3. The van der Waals surface area contributed by atoms with Gasteiger partial charge in [0.05, 0.1) is 27.6 Å². The Morgan fingerprint density at radius 1 is 1.03 bits per heavy atom. The number of hydrogen-bond donors (Lipinski definition) is 3. The lowest BCUT2D eigenvalue weighted by molar-refractivity contribution is -0.140. The lowest BCUT2D eigenvalue weighted by atomic mass is 9.96. The number of aliphatic hydroxyl groups is 1. The number of aryl methyl sites for hydroxylation is 1. The van der Waals surface area contributed by atoms with Gasteiger partial charge in [-0.25, -0.2) is 0 Å². The van der Waals surface area contributed by atoms with Crippen molar-refractivity contribution in [2.45, 2.75) is 31.2 Å². The highest BCUT2D eigenvalue weighted by Gasteiger charge is 2.39. The van der Waals surface area contributed by atoms with Crippen LogP contribution in [0.3, 0.4) is 0 Å². The molecule has 0 aliphatic rings. The zero-order valence-electron chi connectivity index (χ0n) is 18.8. The van der Waals surface area contributed by atoms with Gasteiger partial charge in [0.1, 0.15) is 12.6 Å². The predicted octanol–water partition coefficient (Wildman–Crippen LogP) is 6.08. The maximum Gasteiger partial charge on any atom is 0.405 e. The molecule has 2 aromatic carbocycles. The van der Waals surface area contributed by atoms with Gasteiger partial charge >= 0.3 is 12.4 Å². The van der Waals surface area contributed by atoms with Gasteiger partial charge in [-0.2, -0.15) is 26.3 Å². The molecule has 0 saturated carbocycles. The number of aliphatic hydroxyl groups excluding tert-OH is 1. The number of rotatable bonds is 8. The van der Waals surface area contributed by atoms with Crippen molar-refractivity contribution in [1.82, 2.24) is 10.6 Å². The number of carbonyl (C=O) groups excluding carboxylic acids is 2. The van der Waals surface area contributed by atoms with Crippen LogP contribution in [0.4, 0.5) is 26.3 Å². The van der Waals surface area contributed by atoms with Crippen molar-refractivity contribution in [3.05, 3.63) is 73.7 Å². The van der Waals surface area contributed by atoms with E-state index in [4.69, 9.17) is 34.8 Å². The third-order valence-corrected chi connectivity index (χ3v) is 6.16. The van der Waals surface area contributed by atoms with Crippen LogP contribution in [-0.2, 0) is 4.79 Å². The molecule has 2 atom stereocenters. The summed E-state index contributed by atoms with van der Waals surface area (Å²) in [4.78, 5) is 24.3. The van der Waals surface area contributed by atoms with Crippen LogP contribution in [0.25, 0.3) is 6.08 Å². The van der Waals surface area contributed by atoms with E-state index in [-0.39, 0.29) is 37.3 Å². The Bertz CT molecular complexity index is 1160. The zero-order chi connectivity index (χ0) is 28.1. The molecule has 2 amide bonds. The van der Waals surface area contributed by atoms with E-state index < -0.39 is 49.3 Å². The predicted molar refractivity (Wildman–Crippen MR) is 128 cm³/mol. The average Bonchev–Trinajstić information content (AvgIpc) is 2.78. The molecule has 2 rings (SSSR count). The molecule has 202 valence electrons. The molecule has 0 aromatic heterocycles. The summed E-state index contributed by atoms with van der Waals surface area (Å²) in [5.41, 5.74) is 0.321. The van der Waals surface area contributed by atoms with E-state index in [1.807, 2.05) is 0 Å². The normalized spacial score (nSPS) is 13.9. The number of amides is 2. The van der Waals surface area contributed by atoms with Crippen molar-refractivity contribution in [1.29, 1.82) is 0 Å². The quantitative estimate of drug-likeness (QED) is 0.257. The van der Waals surface area contributed by atoms with Gasteiger partial charge in [0, 0.05) is 5.56 Å². The maximum absolute atomic E-state index is 13.7. The third kappa shape index (κ3) is 8.80. The molecule has 0 fully saturated rings. The largest absolute Gasteiger partial charge is 0.405 e. The van der Waals surface area contributed by atoms with Crippen molar-refractivity contribution >= 4 is 52.7 Å². The molecule has 0 aliphatic heterocycles. The minimum atomic E-state index is -4.70. The molecule has 0 heterocycles. The van der Waals surface area contributed by atoms with Crippen molar-refractivity contribution in [3.8, 4) is 0 Å². The fourth-order valence-electron chi connectivity index (χ4n) is 3.16. The van der Waals surface area contributed by atoms with E-state index in [2.05, 4.69) is 5.32 Å². The molecule has 0 saturated heterocycles. The van der Waals surface area contributed by atoms with E-state index in [9.17, 15) is 41.0 Å². The fraction of sp³-hybridized carbons (Fsp3) is 0.304. The van der Waals surface area contributed by atoms with Crippen LogP contribution in [0, 0.1) is 6.92 Å². The van der Waals surface area contributed by atoms with Crippen molar-refractivity contribution in [3.63, 3.8) is 0 Å². The van der Waals surface area contributed by atoms with E-state index in [1.165, 1.54) is 31.2 Å². The van der Waals surface area contributed by atoms with Crippen LogP contribution in [0.5, 0.6) is 0 Å². The van der Waals surface area contributed by atoms with Crippen LogP contribution in [-0.4, -0.2) is 48.5 Å². The molecule has 0 spiro atoms. The molecule has 37 heavy (non-hydrogen) atoms. The summed E-state index contributed by atoms with van der Waals surface area (Å²) in [6, 6.07) is 4.42. The lowest BCUT2D eigenvalue weighted by Crippen LogP contribution is -2.50. The zero-order valence-corrected chi connectivity index (χ0v) is 21.0. The van der Waals surface area contributed by atoms with Gasteiger partial charge in [-0.3, -0.25) is 9.59 Å². The van der Waals surface area contributed by atoms with Gasteiger partial charge < -0.3 is 15.7 Å². The van der Waals surface area contributed by atoms with E-state index in [0.29, 0.717) is 0 Å². The van der Waals surface area contributed by atoms with E-state index >= 15 is 0 Å². The first-order valence-corrected chi connectivity index (χ1v) is 11.4. The first kappa shape index (κ1) is 30.8. The van der Waals surface area contributed by atoms with Crippen LogP contribution >= 0.6 is 34.8 Å². The lowest BCUT2D eigenvalue weighted by Gasteiger charge is -2.19. The van der Waals surface area contributed by atoms with Crippen molar-refractivity contribution in [2.75, 3.05) is 13.2 Å². The summed E-state index contributed by atoms with van der Waals surface area (Å²) < 4.78 is 78.0. The van der Waals surface area contributed by atoms with Crippen LogP contribution in [0.1, 0.15) is 33.0 Å². The summed E-state index contributed by atoms with van der Waals surface area (Å²) in [5.74, 6) is -4.21. The van der Waals surface area contributed by atoms with E-state index in [0.717, 1.165) is 18.2 Å².